The number of rotatable bonds is 1. The van der Waals surface area contributed by atoms with Crippen molar-refractivity contribution in [2.45, 2.75) is 45.6 Å². The van der Waals surface area contributed by atoms with Crippen molar-refractivity contribution in [3.05, 3.63) is 29.7 Å². The SMILES string of the molecule is Cc1onc(N)c1-c1cc2c(c3ccoc13)NC(C)(C)C(=O)C2(C)C. The van der Waals surface area contributed by atoms with E-state index in [0.717, 1.165) is 22.2 Å². The molecule has 1 aliphatic rings. The van der Waals surface area contributed by atoms with Gasteiger partial charge < -0.3 is 20.0 Å². The van der Waals surface area contributed by atoms with Gasteiger partial charge in [0.1, 0.15) is 11.3 Å². The van der Waals surface area contributed by atoms with E-state index in [1.165, 1.54) is 0 Å². The molecule has 3 aromatic rings. The maximum atomic E-state index is 13.0. The van der Waals surface area contributed by atoms with E-state index >= 15 is 0 Å². The van der Waals surface area contributed by atoms with Gasteiger partial charge in [-0.25, -0.2) is 0 Å². The number of Topliss-reactive ketones (excluding diaryl/α,β-unsaturated/α-hetero) is 1. The zero-order valence-corrected chi connectivity index (χ0v) is 15.0. The van der Waals surface area contributed by atoms with E-state index in [1.54, 1.807) is 6.26 Å². The average molecular weight is 339 g/mol. The number of nitrogens with one attached hydrogen (secondary N) is 1. The van der Waals surface area contributed by atoms with Crippen LogP contribution < -0.4 is 11.1 Å². The van der Waals surface area contributed by atoms with Crippen LogP contribution in [0, 0.1) is 6.92 Å². The van der Waals surface area contributed by atoms with Crippen LogP contribution >= 0.6 is 0 Å². The first-order chi connectivity index (χ1) is 11.6. The summed E-state index contributed by atoms with van der Waals surface area (Å²) in [5.41, 5.74) is 8.75. The van der Waals surface area contributed by atoms with Crippen LogP contribution in [0.3, 0.4) is 0 Å². The van der Waals surface area contributed by atoms with Crippen LogP contribution in [0.15, 0.2) is 27.3 Å². The first-order valence-corrected chi connectivity index (χ1v) is 8.24. The quantitative estimate of drug-likeness (QED) is 0.695. The third-order valence-corrected chi connectivity index (χ3v) is 5.14. The third kappa shape index (κ3) is 1.97. The van der Waals surface area contributed by atoms with E-state index in [9.17, 15) is 4.79 Å². The van der Waals surface area contributed by atoms with Crippen LogP contribution in [0.5, 0.6) is 0 Å². The summed E-state index contributed by atoms with van der Waals surface area (Å²) in [6.07, 6.45) is 1.64. The van der Waals surface area contributed by atoms with Gasteiger partial charge in [0, 0.05) is 10.9 Å². The Bertz CT molecular complexity index is 1000. The van der Waals surface area contributed by atoms with Crippen LogP contribution in [0.4, 0.5) is 11.5 Å². The van der Waals surface area contributed by atoms with E-state index < -0.39 is 11.0 Å². The molecule has 0 spiro atoms. The van der Waals surface area contributed by atoms with E-state index in [0.29, 0.717) is 22.7 Å². The lowest BCUT2D eigenvalue weighted by Crippen LogP contribution is -2.53. The normalized spacial score (nSPS) is 18.2. The molecule has 0 radical (unpaired) electrons. The molecule has 0 unspecified atom stereocenters. The highest BCUT2D eigenvalue weighted by molar-refractivity contribution is 6.11. The molecule has 0 aliphatic carbocycles. The number of fused-ring (bicyclic) bond motifs is 3. The van der Waals surface area contributed by atoms with Gasteiger partial charge in [0.25, 0.3) is 0 Å². The topological polar surface area (TPSA) is 94.3 Å². The Hall–Kier alpha value is -2.76. The number of hydrogen-bond donors (Lipinski definition) is 2. The lowest BCUT2D eigenvalue weighted by atomic mass is 9.69. The molecule has 6 nitrogen and oxygen atoms in total. The van der Waals surface area contributed by atoms with Gasteiger partial charge in [-0.05, 0) is 52.3 Å². The van der Waals surface area contributed by atoms with Gasteiger partial charge >= 0.3 is 0 Å². The number of nitrogens with two attached hydrogens (primary N) is 1. The van der Waals surface area contributed by atoms with Crippen molar-refractivity contribution >= 4 is 28.3 Å². The Morgan fingerprint density at radius 3 is 2.60 bits per heavy atom. The van der Waals surface area contributed by atoms with E-state index in [1.807, 2.05) is 46.8 Å². The Morgan fingerprint density at radius 1 is 1.24 bits per heavy atom. The number of nitrogen functional groups attached to an aromatic ring is 1. The van der Waals surface area contributed by atoms with Crippen LogP contribution in [-0.2, 0) is 10.2 Å². The fraction of sp³-hybridized carbons (Fsp3) is 0.368. The van der Waals surface area contributed by atoms with Crippen LogP contribution in [-0.4, -0.2) is 16.5 Å². The second kappa shape index (κ2) is 4.65. The second-order valence-electron chi connectivity index (χ2n) is 7.71. The van der Waals surface area contributed by atoms with Crippen LogP contribution in [0.1, 0.15) is 39.0 Å². The second-order valence-corrected chi connectivity index (χ2v) is 7.71. The minimum absolute atomic E-state index is 0.135. The Morgan fingerprint density at radius 2 is 1.96 bits per heavy atom. The summed E-state index contributed by atoms with van der Waals surface area (Å²) < 4.78 is 11.0. The molecule has 0 bridgehead atoms. The van der Waals surface area contributed by atoms with Crippen molar-refractivity contribution in [1.29, 1.82) is 0 Å². The highest BCUT2D eigenvalue weighted by atomic mass is 16.5. The molecule has 2 aromatic heterocycles. The lowest BCUT2D eigenvalue weighted by molar-refractivity contribution is -0.127. The molecule has 130 valence electrons. The number of anilines is 2. The molecule has 0 fully saturated rings. The van der Waals surface area contributed by atoms with Gasteiger partial charge in [0.15, 0.2) is 11.6 Å². The van der Waals surface area contributed by atoms with E-state index in [-0.39, 0.29) is 5.78 Å². The first kappa shape index (κ1) is 15.7. The predicted octanol–water partition coefficient (Wildman–Crippen LogP) is 4.03. The summed E-state index contributed by atoms with van der Waals surface area (Å²) in [6.45, 7) is 9.53. The molecule has 6 heteroatoms. The minimum Gasteiger partial charge on any atom is -0.464 e. The standard InChI is InChI=1S/C19H21N3O3/c1-9-13(16(20)22-25-9)11-8-12-14(10-6-7-24-15(10)11)21-19(4,5)17(23)18(12,2)3/h6-8,21H,1-5H3,(H2,20,22). The van der Waals surface area contributed by atoms with Gasteiger partial charge in [-0.3, -0.25) is 4.79 Å². The molecule has 0 saturated heterocycles. The van der Waals surface area contributed by atoms with Crippen molar-refractivity contribution in [2.24, 2.45) is 0 Å². The van der Waals surface area contributed by atoms with E-state index in [4.69, 9.17) is 14.7 Å². The summed E-state index contributed by atoms with van der Waals surface area (Å²) >= 11 is 0. The first-order valence-electron chi connectivity index (χ1n) is 8.24. The Balaban J connectivity index is 2.12. The summed E-state index contributed by atoms with van der Waals surface area (Å²) in [7, 11) is 0. The van der Waals surface area contributed by atoms with Crippen molar-refractivity contribution in [3.63, 3.8) is 0 Å². The molecule has 1 aromatic carbocycles. The zero-order chi connectivity index (χ0) is 18.1. The molecule has 3 N–H and O–H groups in total. The average Bonchev–Trinajstić information content (AvgIpc) is 3.13. The molecular weight excluding hydrogens is 318 g/mol. The largest absolute Gasteiger partial charge is 0.464 e. The number of hydrogen-bond acceptors (Lipinski definition) is 6. The van der Waals surface area contributed by atoms with Crippen molar-refractivity contribution < 1.29 is 13.7 Å². The molecule has 25 heavy (non-hydrogen) atoms. The molecule has 4 rings (SSSR count). The molecule has 0 amide bonds. The highest BCUT2D eigenvalue weighted by Crippen LogP contribution is 2.48. The Kier molecular flexibility index (Phi) is 2.93. The van der Waals surface area contributed by atoms with Crippen LogP contribution in [0.2, 0.25) is 0 Å². The Labute approximate surface area is 145 Å². The number of aryl methyl sites for hydroxylation is 1. The molecule has 3 heterocycles. The van der Waals surface area contributed by atoms with Gasteiger partial charge in [0.2, 0.25) is 0 Å². The van der Waals surface area contributed by atoms with Gasteiger partial charge in [-0.2, -0.15) is 0 Å². The minimum atomic E-state index is -0.658. The number of aromatic nitrogens is 1. The zero-order valence-electron chi connectivity index (χ0n) is 15.0. The maximum absolute atomic E-state index is 13.0. The lowest BCUT2D eigenvalue weighted by Gasteiger charge is -2.42. The summed E-state index contributed by atoms with van der Waals surface area (Å²) in [5, 5.41) is 8.16. The summed E-state index contributed by atoms with van der Waals surface area (Å²) in [6, 6.07) is 3.88. The number of nitrogens with zero attached hydrogens (tertiary/aromatic N) is 1. The third-order valence-electron chi connectivity index (χ3n) is 5.14. The van der Waals surface area contributed by atoms with Gasteiger partial charge in [-0.1, -0.05) is 5.16 Å². The van der Waals surface area contributed by atoms with Crippen molar-refractivity contribution in [2.75, 3.05) is 11.1 Å². The molecular formula is C19H21N3O3. The number of furan rings is 1. The molecule has 0 saturated carbocycles. The van der Waals surface area contributed by atoms with Gasteiger partial charge in [0.05, 0.1) is 28.5 Å². The van der Waals surface area contributed by atoms with Gasteiger partial charge in [-0.15, -0.1) is 0 Å². The monoisotopic (exact) mass is 339 g/mol. The molecule has 1 aliphatic heterocycles. The number of benzene rings is 1. The maximum Gasteiger partial charge on any atom is 0.175 e. The number of carbonyl (C=O) groups excluding carboxylic acids is 1. The highest BCUT2D eigenvalue weighted by Gasteiger charge is 2.47. The smallest absolute Gasteiger partial charge is 0.175 e. The van der Waals surface area contributed by atoms with Crippen LogP contribution in [0.25, 0.3) is 22.1 Å². The fourth-order valence-electron chi connectivity index (χ4n) is 3.94. The van der Waals surface area contributed by atoms with Crippen molar-refractivity contribution in [3.8, 4) is 11.1 Å². The molecule has 0 atom stereocenters. The predicted molar refractivity (Wildman–Crippen MR) is 96.6 cm³/mol. The fourth-order valence-corrected chi connectivity index (χ4v) is 3.94. The number of ketones is 1. The summed E-state index contributed by atoms with van der Waals surface area (Å²) in [5.74, 6) is 1.06. The van der Waals surface area contributed by atoms with E-state index in [2.05, 4.69) is 10.5 Å². The van der Waals surface area contributed by atoms with Crippen molar-refractivity contribution in [1.82, 2.24) is 5.16 Å². The number of carbonyl (C=O) groups is 1. The summed E-state index contributed by atoms with van der Waals surface area (Å²) in [4.78, 5) is 13.0.